The summed E-state index contributed by atoms with van der Waals surface area (Å²) in [5.74, 6) is 0.510. The first-order valence-corrected chi connectivity index (χ1v) is 7.79. The Morgan fingerprint density at radius 2 is 1.95 bits per heavy atom. The van der Waals surface area contributed by atoms with Gasteiger partial charge in [-0.3, -0.25) is 4.21 Å². The number of rotatable bonds is 5. The van der Waals surface area contributed by atoms with Crippen LogP contribution in [0.2, 0.25) is 0 Å². The van der Waals surface area contributed by atoms with Crippen LogP contribution in [0.4, 0.5) is 4.39 Å². The largest absolute Gasteiger partial charge is 0.493 e. The van der Waals surface area contributed by atoms with E-state index in [0.717, 1.165) is 4.47 Å². The number of benzene rings is 2. The van der Waals surface area contributed by atoms with Gasteiger partial charge in [-0.1, -0.05) is 34.1 Å². The van der Waals surface area contributed by atoms with E-state index in [1.54, 1.807) is 12.1 Å². The SMILES string of the molecule is O=S(CCOc1cccc(Br)c1)c1ccccc1F. The van der Waals surface area contributed by atoms with E-state index in [2.05, 4.69) is 15.9 Å². The molecule has 0 fully saturated rings. The van der Waals surface area contributed by atoms with Crippen LogP contribution in [0.5, 0.6) is 5.75 Å². The highest BCUT2D eigenvalue weighted by molar-refractivity contribution is 9.10. The second-order valence-electron chi connectivity index (χ2n) is 3.79. The maximum atomic E-state index is 13.4. The van der Waals surface area contributed by atoms with Crippen molar-refractivity contribution in [3.8, 4) is 5.75 Å². The van der Waals surface area contributed by atoms with E-state index in [1.165, 1.54) is 12.1 Å². The summed E-state index contributed by atoms with van der Waals surface area (Å²) in [6.45, 7) is 0.275. The highest BCUT2D eigenvalue weighted by atomic mass is 79.9. The predicted octanol–water partition coefficient (Wildman–Crippen LogP) is 3.77. The van der Waals surface area contributed by atoms with Gasteiger partial charge < -0.3 is 4.74 Å². The fraction of sp³-hybridized carbons (Fsp3) is 0.143. The van der Waals surface area contributed by atoms with Crippen LogP contribution < -0.4 is 4.74 Å². The lowest BCUT2D eigenvalue weighted by Gasteiger charge is -2.07. The van der Waals surface area contributed by atoms with E-state index in [1.807, 2.05) is 24.3 Å². The average Bonchev–Trinajstić information content (AvgIpc) is 2.39. The second-order valence-corrected chi connectivity index (χ2v) is 6.24. The smallest absolute Gasteiger partial charge is 0.139 e. The molecule has 0 aliphatic carbocycles. The van der Waals surface area contributed by atoms with Crippen LogP contribution in [0.3, 0.4) is 0 Å². The van der Waals surface area contributed by atoms with E-state index in [-0.39, 0.29) is 17.3 Å². The van der Waals surface area contributed by atoms with Crippen molar-refractivity contribution >= 4 is 26.7 Å². The molecular formula is C14H12BrFO2S. The Kier molecular flexibility index (Phi) is 5.10. The molecule has 0 aliphatic heterocycles. The lowest BCUT2D eigenvalue weighted by molar-refractivity contribution is 0.342. The zero-order chi connectivity index (χ0) is 13.7. The van der Waals surface area contributed by atoms with Gasteiger partial charge in [-0.2, -0.15) is 0 Å². The zero-order valence-electron chi connectivity index (χ0n) is 10.0. The number of halogens is 2. The van der Waals surface area contributed by atoms with Gasteiger partial charge in [0.25, 0.3) is 0 Å². The van der Waals surface area contributed by atoms with Gasteiger partial charge >= 0.3 is 0 Å². The molecule has 1 unspecified atom stereocenters. The molecule has 0 N–H and O–H groups in total. The van der Waals surface area contributed by atoms with Crippen LogP contribution in [-0.4, -0.2) is 16.6 Å². The molecule has 5 heteroatoms. The van der Waals surface area contributed by atoms with Gasteiger partial charge in [0.1, 0.15) is 18.2 Å². The summed E-state index contributed by atoms with van der Waals surface area (Å²) in [6, 6.07) is 13.5. The van der Waals surface area contributed by atoms with Crippen molar-refractivity contribution in [1.82, 2.24) is 0 Å². The number of hydrogen-bond donors (Lipinski definition) is 0. The average molecular weight is 343 g/mol. The van der Waals surface area contributed by atoms with Crippen LogP contribution in [0, 0.1) is 5.82 Å². The van der Waals surface area contributed by atoms with Crippen molar-refractivity contribution in [2.24, 2.45) is 0 Å². The molecule has 0 saturated heterocycles. The minimum atomic E-state index is -1.39. The molecule has 0 amide bonds. The van der Waals surface area contributed by atoms with E-state index in [4.69, 9.17) is 4.74 Å². The lowest BCUT2D eigenvalue weighted by Crippen LogP contribution is -2.09. The molecule has 0 radical (unpaired) electrons. The number of hydrogen-bond acceptors (Lipinski definition) is 2. The molecule has 2 rings (SSSR count). The first kappa shape index (κ1) is 14.2. The quantitative estimate of drug-likeness (QED) is 0.826. The van der Waals surface area contributed by atoms with E-state index in [9.17, 15) is 8.60 Å². The van der Waals surface area contributed by atoms with Crippen LogP contribution >= 0.6 is 15.9 Å². The fourth-order valence-corrected chi connectivity index (χ4v) is 2.88. The summed E-state index contributed by atoms with van der Waals surface area (Å²) in [5.41, 5.74) is 0. The van der Waals surface area contributed by atoms with E-state index in [0.29, 0.717) is 5.75 Å². The van der Waals surface area contributed by atoms with Crippen molar-refractivity contribution in [2.75, 3.05) is 12.4 Å². The topological polar surface area (TPSA) is 26.3 Å². The molecule has 2 aromatic rings. The molecule has 1 atom stereocenters. The van der Waals surface area contributed by atoms with Gasteiger partial charge in [-0.25, -0.2) is 4.39 Å². The summed E-state index contributed by atoms with van der Waals surface area (Å²) in [6.07, 6.45) is 0. The van der Waals surface area contributed by atoms with Crippen molar-refractivity contribution in [3.05, 3.63) is 58.8 Å². The third-order valence-electron chi connectivity index (χ3n) is 2.42. The van der Waals surface area contributed by atoms with Gasteiger partial charge in [0.15, 0.2) is 0 Å². The van der Waals surface area contributed by atoms with Gasteiger partial charge in [0.2, 0.25) is 0 Å². The Balaban J connectivity index is 1.90. The molecule has 0 bridgehead atoms. The normalized spacial score (nSPS) is 12.1. The summed E-state index contributed by atoms with van der Waals surface area (Å²) in [5, 5.41) is 0. The molecule has 2 aromatic carbocycles. The second kappa shape index (κ2) is 6.82. The third-order valence-corrected chi connectivity index (χ3v) is 4.27. The minimum absolute atomic E-state index is 0.223. The maximum Gasteiger partial charge on any atom is 0.139 e. The maximum absolute atomic E-state index is 13.4. The lowest BCUT2D eigenvalue weighted by atomic mass is 10.3. The van der Waals surface area contributed by atoms with Gasteiger partial charge in [-0.05, 0) is 30.3 Å². The van der Waals surface area contributed by atoms with Crippen LogP contribution in [-0.2, 0) is 10.8 Å². The Morgan fingerprint density at radius 3 is 2.68 bits per heavy atom. The van der Waals surface area contributed by atoms with E-state index < -0.39 is 16.6 Å². The zero-order valence-corrected chi connectivity index (χ0v) is 12.4. The summed E-state index contributed by atoms with van der Waals surface area (Å²) in [7, 11) is -1.39. The Labute approximate surface area is 122 Å². The highest BCUT2D eigenvalue weighted by Gasteiger charge is 2.09. The molecule has 0 aromatic heterocycles. The molecule has 19 heavy (non-hydrogen) atoms. The van der Waals surface area contributed by atoms with E-state index >= 15 is 0 Å². The van der Waals surface area contributed by atoms with Crippen molar-refractivity contribution < 1.29 is 13.3 Å². The fourth-order valence-electron chi connectivity index (χ4n) is 1.53. The third kappa shape index (κ3) is 4.14. The highest BCUT2D eigenvalue weighted by Crippen LogP contribution is 2.18. The summed E-state index contributed by atoms with van der Waals surface area (Å²) in [4.78, 5) is 0.223. The molecule has 0 aliphatic rings. The Hall–Kier alpha value is -1.20. The van der Waals surface area contributed by atoms with Crippen LogP contribution in [0.15, 0.2) is 57.9 Å². The summed E-state index contributed by atoms with van der Waals surface area (Å²) >= 11 is 3.34. The van der Waals surface area contributed by atoms with Crippen molar-refractivity contribution in [1.29, 1.82) is 0 Å². The first-order valence-electron chi connectivity index (χ1n) is 5.68. The Bertz CT molecular complexity index is 589. The monoisotopic (exact) mass is 342 g/mol. The molecular weight excluding hydrogens is 331 g/mol. The molecule has 100 valence electrons. The molecule has 0 spiro atoms. The predicted molar refractivity (Wildman–Crippen MR) is 77.3 cm³/mol. The van der Waals surface area contributed by atoms with Crippen molar-refractivity contribution in [2.45, 2.75) is 4.90 Å². The van der Waals surface area contributed by atoms with Gasteiger partial charge in [0, 0.05) is 4.47 Å². The van der Waals surface area contributed by atoms with Crippen LogP contribution in [0.1, 0.15) is 0 Å². The molecule has 2 nitrogen and oxygen atoms in total. The molecule has 0 heterocycles. The van der Waals surface area contributed by atoms with Gasteiger partial charge in [0.05, 0.1) is 21.4 Å². The van der Waals surface area contributed by atoms with Crippen molar-refractivity contribution in [3.63, 3.8) is 0 Å². The summed E-state index contributed by atoms with van der Waals surface area (Å²) < 4.78 is 31.7. The Morgan fingerprint density at radius 1 is 1.16 bits per heavy atom. The standard InChI is InChI=1S/C14H12BrFO2S/c15-11-4-3-5-12(10-11)18-8-9-19(17)14-7-2-1-6-13(14)16/h1-7,10H,8-9H2. The van der Waals surface area contributed by atoms with Crippen LogP contribution in [0.25, 0.3) is 0 Å². The first-order chi connectivity index (χ1) is 9.16. The molecule has 0 saturated carbocycles. The minimum Gasteiger partial charge on any atom is -0.493 e. The number of ether oxygens (including phenoxy) is 1. The van der Waals surface area contributed by atoms with Gasteiger partial charge in [-0.15, -0.1) is 0 Å².